The van der Waals surface area contributed by atoms with Crippen molar-refractivity contribution in [3.05, 3.63) is 12.2 Å². The van der Waals surface area contributed by atoms with Crippen LogP contribution in [0.4, 0.5) is 0 Å². The normalized spacial score (nSPS) is 35.7. The highest BCUT2D eigenvalue weighted by Crippen LogP contribution is 2.71. The average Bonchev–Trinajstić information content (AvgIpc) is 2.93. The molecule has 1 saturated heterocycles. The zero-order valence-corrected chi connectivity index (χ0v) is 14.4. The number of allylic oxidation sites excluding steroid dienone is 2. The van der Waals surface area contributed by atoms with Crippen LogP contribution in [0.5, 0.6) is 0 Å². The molecule has 3 N–H and O–H groups in total. The number of nitrogens with one attached hydrogen (secondary N) is 1. The summed E-state index contributed by atoms with van der Waals surface area (Å²) < 4.78 is 0. The first-order valence-electron chi connectivity index (χ1n) is 9.61. The molecular weight excluding hydrogens is 302 g/mol. The van der Waals surface area contributed by atoms with E-state index in [0.717, 1.165) is 32.2 Å². The van der Waals surface area contributed by atoms with Crippen LogP contribution in [0.25, 0.3) is 0 Å². The first-order chi connectivity index (χ1) is 11.6. The molecule has 1 heterocycles. The molecule has 1 spiro atoms. The molecule has 4 aliphatic rings. The Labute approximate surface area is 144 Å². The Hall–Kier alpha value is -1.36. The van der Waals surface area contributed by atoms with Gasteiger partial charge in [-0.15, -0.1) is 0 Å². The first-order valence-corrected chi connectivity index (χ1v) is 9.61. The van der Waals surface area contributed by atoms with Gasteiger partial charge in [0.2, 0.25) is 11.8 Å². The standard InChI is InChI=1S/C19H29N3O2/c20-17(23)15-13-5-6-14(19(13)7-8-19)16(15)18(24)21-9-1-2-10-22-11-3-4-12-22/h5-6,13-16H,1-4,7-12H2,(H2,20,23)(H,21,24)/t13-,14+,15?,16?/m0/s1. The second kappa shape index (κ2) is 6.17. The van der Waals surface area contributed by atoms with Gasteiger partial charge < -0.3 is 16.0 Å². The Balaban J connectivity index is 1.28. The summed E-state index contributed by atoms with van der Waals surface area (Å²) in [5, 5.41) is 3.09. The molecule has 3 fully saturated rings. The van der Waals surface area contributed by atoms with Crippen molar-refractivity contribution in [1.29, 1.82) is 0 Å². The van der Waals surface area contributed by atoms with Crippen molar-refractivity contribution in [1.82, 2.24) is 10.2 Å². The highest BCUT2D eigenvalue weighted by Gasteiger charge is 2.69. The van der Waals surface area contributed by atoms with Crippen LogP contribution in [-0.4, -0.2) is 42.9 Å². The van der Waals surface area contributed by atoms with Crippen LogP contribution in [0.3, 0.4) is 0 Å². The lowest BCUT2D eigenvalue weighted by molar-refractivity contribution is -0.133. The van der Waals surface area contributed by atoms with Crippen molar-refractivity contribution < 1.29 is 9.59 Å². The van der Waals surface area contributed by atoms with Crippen molar-refractivity contribution in [3.63, 3.8) is 0 Å². The van der Waals surface area contributed by atoms with Gasteiger partial charge in [0.05, 0.1) is 11.8 Å². The van der Waals surface area contributed by atoms with E-state index in [9.17, 15) is 9.59 Å². The van der Waals surface area contributed by atoms with E-state index in [-0.39, 0.29) is 40.9 Å². The monoisotopic (exact) mass is 331 g/mol. The summed E-state index contributed by atoms with van der Waals surface area (Å²) in [4.78, 5) is 27.2. The minimum atomic E-state index is -0.299. The van der Waals surface area contributed by atoms with Crippen LogP contribution < -0.4 is 11.1 Å². The number of unbranched alkanes of at least 4 members (excludes halogenated alkanes) is 1. The third kappa shape index (κ3) is 2.57. The van der Waals surface area contributed by atoms with Gasteiger partial charge in [0, 0.05) is 6.54 Å². The molecule has 132 valence electrons. The van der Waals surface area contributed by atoms with E-state index in [1.54, 1.807) is 0 Å². The van der Waals surface area contributed by atoms with Gasteiger partial charge >= 0.3 is 0 Å². The van der Waals surface area contributed by atoms with Crippen LogP contribution in [0, 0.1) is 29.1 Å². The highest BCUT2D eigenvalue weighted by atomic mass is 16.2. The summed E-state index contributed by atoms with van der Waals surface area (Å²) in [6.07, 6.45) is 11.4. The molecule has 5 nitrogen and oxygen atoms in total. The number of primary amides is 1. The molecule has 2 unspecified atom stereocenters. The van der Waals surface area contributed by atoms with Crippen LogP contribution in [0.15, 0.2) is 12.2 Å². The van der Waals surface area contributed by atoms with Crippen LogP contribution >= 0.6 is 0 Å². The molecule has 0 aromatic rings. The zero-order valence-electron chi connectivity index (χ0n) is 14.4. The summed E-state index contributed by atoms with van der Waals surface area (Å²) in [6, 6.07) is 0. The number of likely N-dealkylation sites (tertiary alicyclic amines) is 1. The van der Waals surface area contributed by atoms with Crippen molar-refractivity contribution in [3.8, 4) is 0 Å². The van der Waals surface area contributed by atoms with Gasteiger partial charge in [-0.1, -0.05) is 12.2 Å². The number of nitrogens with zero attached hydrogens (tertiary/aromatic N) is 1. The fourth-order valence-electron chi connectivity index (χ4n) is 5.53. The minimum absolute atomic E-state index is 0.0445. The molecule has 0 aromatic heterocycles. The molecule has 2 amide bonds. The molecule has 4 atom stereocenters. The van der Waals surface area contributed by atoms with E-state index in [1.165, 1.54) is 25.9 Å². The quantitative estimate of drug-likeness (QED) is 0.545. The van der Waals surface area contributed by atoms with Gasteiger partial charge in [-0.2, -0.15) is 0 Å². The predicted molar refractivity (Wildman–Crippen MR) is 91.9 cm³/mol. The van der Waals surface area contributed by atoms with Gasteiger partial charge in [-0.3, -0.25) is 9.59 Å². The maximum absolute atomic E-state index is 12.7. The largest absolute Gasteiger partial charge is 0.369 e. The van der Waals surface area contributed by atoms with Crippen LogP contribution in [0.1, 0.15) is 38.5 Å². The average molecular weight is 331 g/mol. The minimum Gasteiger partial charge on any atom is -0.369 e. The Morgan fingerprint density at radius 3 is 2.38 bits per heavy atom. The van der Waals surface area contributed by atoms with E-state index < -0.39 is 0 Å². The third-order valence-electron chi connectivity index (χ3n) is 6.87. The first kappa shape index (κ1) is 16.1. The maximum Gasteiger partial charge on any atom is 0.224 e. The second-order valence-corrected chi connectivity index (χ2v) is 8.17. The number of amides is 2. The summed E-state index contributed by atoms with van der Waals surface area (Å²) in [5.74, 6) is -0.364. The van der Waals surface area contributed by atoms with Crippen molar-refractivity contribution >= 4 is 11.8 Å². The van der Waals surface area contributed by atoms with Crippen LogP contribution in [0.2, 0.25) is 0 Å². The lowest BCUT2D eigenvalue weighted by Crippen LogP contribution is -2.42. The van der Waals surface area contributed by atoms with Crippen LogP contribution in [-0.2, 0) is 9.59 Å². The molecule has 2 bridgehead atoms. The Morgan fingerprint density at radius 1 is 1.08 bits per heavy atom. The number of rotatable bonds is 7. The molecule has 0 radical (unpaired) electrons. The second-order valence-electron chi connectivity index (χ2n) is 8.17. The van der Waals surface area contributed by atoms with E-state index in [1.807, 2.05) is 0 Å². The van der Waals surface area contributed by atoms with E-state index in [4.69, 9.17) is 5.73 Å². The number of carbonyl (C=O) groups excluding carboxylic acids is 2. The number of hydrogen-bond donors (Lipinski definition) is 2. The van der Waals surface area contributed by atoms with Crippen molar-refractivity contribution in [2.24, 2.45) is 34.8 Å². The number of nitrogens with two attached hydrogens (primary N) is 1. The summed E-state index contributed by atoms with van der Waals surface area (Å²) in [6.45, 7) is 4.31. The van der Waals surface area contributed by atoms with E-state index in [0.29, 0.717) is 6.54 Å². The Kier molecular flexibility index (Phi) is 4.15. The highest BCUT2D eigenvalue weighted by molar-refractivity contribution is 5.89. The number of carbonyl (C=O) groups is 2. The maximum atomic E-state index is 12.7. The van der Waals surface area contributed by atoms with E-state index in [2.05, 4.69) is 22.4 Å². The molecule has 3 aliphatic carbocycles. The smallest absolute Gasteiger partial charge is 0.224 e. The lowest BCUT2D eigenvalue weighted by atomic mass is 9.82. The Bertz CT molecular complexity index is 549. The molecule has 2 saturated carbocycles. The van der Waals surface area contributed by atoms with Gasteiger partial charge in [0.25, 0.3) is 0 Å². The fourth-order valence-corrected chi connectivity index (χ4v) is 5.53. The molecular formula is C19H29N3O2. The molecule has 5 heteroatoms. The van der Waals surface area contributed by atoms with Gasteiger partial charge in [0.15, 0.2) is 0 Å². The third-order valence-corrected chi connectivity index (χ3v) is 6.87. The molecule has 1 aliphatic heterocycles. The fraction of sp³-hybridized carbons (Fsp3) is 0.789. The molecule has 4 rings (SSSR count). The summed E-state index contributed by atoms with van der Waals surface area (Å²) >= 11 is 0. The van der Waals surface area contributed by atoms with Crippen molar-refractivity contribution in [2.75, 3.05) is 26.2 Å². The summed E-state index contributed by atoms with van der Waals surface area (Å²) in [7, 11) is 0. The van der Waals surface area contributed by atoms with Gasteiger partial charge in [-0.25, -0.2) is 0 Å². The van der Waals surface area contributed by atoms with Gasteiger partial charge in [0.1, 0.15) is 0 Å². The van der Waals surface area contributed by atoms with E-state index >= 15 is 0 Å². The SMILES string of the molecule is NC(=O)C1C(C(=O)NCCCCN2CCCC2)[C@H]2C=C[C@@H]1C21CC1. The lowest BCUT2D eigenvalue weighted by Gasteiger charge is -2.24. The Morgan fingerprint density at radius 2 is 1.75 bits per heavy atom. The predicted octanol–water partition coefficient (Wildman–Crippen LogP) is 1.29. The summed E-state index contributed by atoms with van der Waals surface area (Å²) in [5.41, 5.74) is 5.84. The molecule has 24 heavy (non-hydrogen) atoms. The zero-order chi connectivity index (χ0) is 16.7. The molecule has 0 aromatic carbocycles. The van der Waals surface area contributed by atoms with Gasteiger partial charge in [-0.05, 0) is 75.4 Å². The number of hydrogen-bond acceptors (Lipinski definition) is 3. The topological polar surface area (TPSA) is 75.4 Å². The van der Waals surface area contributed by atoms with Crippen molar-refractivity contribution in [2.45, 2.75) is 38.5 Å².